The molecule has 0 radical (unpaired) electrons. The molecule has 0 aromatic heterocycles. The second kappa shape index (κ2) is 6.46. The summed E-state index contributed by atoms with van der Waals surface area (Å²) in [6.07, 6.45) is 12.0. The topological polar surface area (TPSA) is 52.6 Å². The van der Waals surface area contributed by atoms with Crippen LogP contribution in [0, 0.1) is 34.5 Å². The van der Waals surface area contributed by atoms with E-state index in [0.717, 1.165) is 32.1 Å². The Labute approximate surface area is 174 Å². The smallest absolute Gasteiger partial charge is 0.330 e. The van der Waals surface area contributed by atoms with Gasteiger partial charge in [-0.05, 0) is 74.0 Å². The van der Waals surface area contributed by atoms with Crippen molar-refractivity contribution in [1.82, 2.24) is 0 Å². The minimum atomic E-state index is -0.159. The highest BCUT2D eigenvalue weighted by atomic mass is 16.5. The fourth-order valence-corrected chi connectivity index (χ4v) is 8.34. The summed E-state index contributed by atoms with van der Waals surface area (Å²) in [6, 6.07) is 0. The summed E-state index contributed by atoms with van der Waals surface area (Å²) < 4.78 is 11.4. The summed E-state index contributed by atoms with van der Waals surface area (Å²) in [6.45, 7) is 8.59. The number of hydrogen-bond acceptors (Lipinski definition) is 4. The van der Waals surface area contributed by atoms with E-state index >= 15 is 0 Å². The van der Waals surface area contributed by atoms with Gasteiger partial charge < -0.3 is 9.47 Å². The predicted octanol–water partition coefficient (Wildman–Crippen LogP) is 4.98. The third-order valence-electron chi connectivity index (χ3n) is 9.50. The molecule has 0 aromatic carbocycles. The van der Waals surface area contributed by atoms with Crippen LogP contribution in [0.15, 0.2) is 23.3 Å². The summed E-state index contributed by atoms with van der Waals surface area (Å²) in [5, 5.41) is 0. The predicted molar refractivity (Wildman–Crippen MR) is 110 cm³/mol. The average Bonchev–Trinajstić information content (AvgIpc) is 2.94. The van der Waals surface area contributed by atoms with Crippen molar-refractivity contribution in [3.8, 4) is 0 Å². The van der Waals surface area contributed by atoms with Crippen molar-refractivity contribution >= 4 is 11.9 Å². The maximum Gasteiger partial charge on any atom is 0.330 e. The Bertz CT molecular complexity index is 810. The van der Waals surface area contributed by atoms with E-state index in [-0.39, 0.29) is 35.0 Å². The monoisotopic (exact) mass is 398 g/mol. The van der Waals surface area contributed by atoms with Gasteiger partial charge in [0.05, 0.1) is 0 Å². The molecule has 8 unspecified atom stereocenters. The standard InChI is InChI=1S/C25H34O4/c1-14-11-22(27)29-21-13-20-18-6-5-16-12-17(28-15(2)26)7-9-24(16,3)19(18)8-10-25(20,4)23(14)21/h5,11,17-21,23H,6-10,12-13H2,1-4H3. The number of carbonyl (C=O) groups is 2. The van der Waals surface area contributed by atoms with Crippen molar-refractivity contribution in [2.75, 3.05) is 0 Å². The second-order valence-electron chi connectivity index (χ2n) is 10.9. The third kappa shape index (κ3) is 2.77. The van der Waals surface area contributed by atoms with Gasteiger partial charge in [-0.1, -0.05) is 31.1 Å². The SMILES string of the molecule is CC(=O)OC1CCC2(C)C(=CCC3C2CCC2(C)C3CC3OC(=O)C=C(C)C32)C1. The molecule has 1 heterocycles. The van der Waals surface area contributed by atoms with Crippen LogP contribution in [-0.4, -0.2) is 24.1 Å². The molecule has 3 fully saturated rings. The molecule has 4 nitrogen and oxygen atoms in total. The van der Waals surface area contributed by atoms with E-state index in [9.17, 15) is 9.59 Å². The van der Waals surface area contributed by atoms with E-state index in [1.807, 2.05) is 0 Å². The summed E-state index contributed by atoms with van der Waals surface area (Å²) in [4.78, 5) is 23.4. The number of hydrogen-bond donors (Lipinski definition) is 0. The first-order valence-electron chi connectivity index (χ1n) is 11.5. The zero-order chi connectivity index (χ0) is 20.6. The Kier molecular flexibility index (Phi) is 4.32. The molecule has 8 atom stereocenters. The molecular formula is C25H34O4. The van der Waals surface area contributed by atoms with Crippen LogP contribution in [0.1, 0.15) is 72.6 Å². The normalized spacial score (nSPS) is 48.2. The highest BCUT2D eigenvalue weighted by Crippen LogP contribution is 2.67. The van der Waals surface area contributed by atoms with E-state index in [2.05, 4.69) is 26.8 Å². The first-order chi connectivity index (χ1) is 13.7. The molecule has 158 valence electrons. The molecular weight excluding hydrogens is 364 g/mol. The number of fused-ring (bicyclic) bond motifs is 7. The lowest BCUT2D eigenvalue weighted by molar-refractivity contribution is -0.149. The summed E-state index contributed by atoms with van der Waals surface area (Å²) >= 11 is 0. The number of rotatable bonds is 1. The molecule has 0 bridgehead atoms. The van der Waals surface area contributed by atoms with Crippen LogP contribution in [0.25, 0.3) is 0 Å². The van der Waals surface area contributed by atoms with E-state index in [4.69, 9.17) is 9.47 Å². The Morgan fingerprint density at radius 3 is 2.76 bits per heavy atom. The van der Waals surface area contributed by atoms with Gasteiger partial charge in [0.25, 0.3) is 0 Å². The van der Waals surface area contributed by atoms with Gasteiger partial charge in [0, 0.05) is 25.3 Å². The quantitative estimate of drug-likeness (QED) is 0.462. The zero-order valence-electron chi connectivity index (χ0n) is 18.2. The van der Waals surface area contributed by atoms with Crippen molar-refractivity contribution in [1.29, 1.82) is 0 Å². The number of carbonyl (C=O) groups excluding carboxylic acids is 2. The van der Waals surface area contributed by atoms with Gasteiger partial charge in [0.1, 0.15) is 12.2 Å². The molecule has 1 aliphatic heterocycles. The number of esters is 2. The fourth-order valence-electron chi connectivity index (χ4n) is 8.34. The van der Waals surface area contributed by atoms with Crippen molar-refractivity contribution in [3.63, 3.8) is 0 Å². The van der Waals surface area contributed by atoms with Crippen molar-refractivity contribution in [3.05, 3.63) is 23.3 Å². The highest BCUT2D eigenvalue weighted by Gasteiger charge is 2.62. The second-order valence-corrected chi connectivity index (χ2v) is 10.9. The zero-order valence-corrected chi connectivity index (χ0v) is 18.2. The Morgan fingerprint density at radius 2 is 2.00 bits per heavy atom. The Balaban J connectivity index is 1.43. The summed E-state index contributed by atoms with van der Waals surface area (Å²) in [5.74, 6) is 2.07. The average molecular weight is 399 g/mol. The van der Waals surface area contributed by atoms with Gasteiger partial charge >= 0.3 is 11.9 Å². The Morgan fingerprint density at radius 1 is 1.21 bits per heavy atom. The van der Waals surface area contributed by atoms with Gasteiger partial charge in [-0.25, -0.2) is 4.79 Å². The van der Waals surface area contributed by atoms with Crippen LogP contribution in [-0.2, 0) is 19.1 Å². The molecule has 4 heteroatoms. The largest absolute Gasteiger partial charge is 0.462 e. The summed E-state index contributed by atoms with van der Waals surface area (Å²) in [7, 11) is 0. The molecule has 3 saturated carbocycles. The van der Waals surface area contributed by atoms with Crippen molar-refractivity contribution in [2.45, 2.75) is 84.8 Å². The van der Waals surface area contributed by atoms with Crippen LogP contribution in [0.5, 0.6) is 0 Å². The molecule has 0 aromatic rings. The van der Waals surface area contributed by atoms with E-state index in [1.165, 1.54) is 30.9 Å². The minimum Gasteiger partial charge on any atom is -0.462 e. The van der Waals surface area contributed by atoms with E-state index < -0.39 is 0 Å². The van der Waals surface area contributed by atoms with Crippen molar-refractivity contribution < 1.29 is 19.1 Å². The fraction of sp³-hybridized carbons (Fsp3) is 0.760. The Hall–Kier alpha value is -1.58. The van der Waals surface area contributed by atoms with Gasteiger partial charge in [0.2, 0.25) is 0 Å². The molecule has 0 N–H and O–H groups in total. The van der Waals surface area contributed by atoms with Gasteiger partial charge in [-0.15, -0.1) is 0 Å². The van der Waals surface area contributed by atoms with E-state index in [1.54, 1.807) is 6.08 Å². The van der Waals surface area contributed by atoms with Gasteiger partial charge in [0.15, 0.2) is 0 Å². The van der Waals surface area contributed by atoms with Crippen LogP contribution in [0.3, 0.4) is 0 Å². The first-order valence-corrected chi connectivity index (χ1v) is 11.5. The van der Waals surface area contributed by atoms with Crippen LogP contribution < -0.4 is 0 Å². The summed E-state index contributed by atoms with van der Waals surface area (Å²) in [5.41, 5.74) is 3.23. The minimum absolute atomic E-state index is 0.0544. The molecule has 0 saturated heterocycles. The van der Waals surface area contributed by atoms with E-state index in [0.29, 0.717) is 23.7 Å². The molecule has 5 rings (SSSR count). The maximum absolute atomic E-state index is 12.0. The molecule has 29 heavy (non-hydrogen) atoms. The third-order valence-corrected chi connectivity index (χ3v) is 9.50. The lowest BCUT2D eigenvalue weighted by Crippen LogP contribution is -2.50. The van der Waals surface area contributed by atoms with Crippen LogP contribution >= 0.6 is 0 Å². The molecule has 4 aliphatic carbocycles. The lowest BCUT2D eigenvalue weighted by atomic mass is 9.47. The van der Waals surface area contributed by atoms with Gasteiger partial charge in [-0.2, -0.15) is 0 Å². The number of allylic oxidation sites excluding steroid dienone is 1. The molecule has 0 spiro atoms. The molecule has 0 amide bonds. The lowest BCUT2D eigenvalue weighted by Gasteiger charge is -2.58. The van der Waals surface area contributed by atoms with Crippen molar-refractivity contribution in [2.24, 2.45) is 34.5 Å². The van der Waals surface area contributed by atoms with Gasteiger partial charge in [-0.3, -0.25) is 4.79 Å². The first kappa shape index (κ1) is 19.4. The molecule has 5 aliphatic rings. The number of ether oxygens (including phenoxy) is 2. The van der Waals surface area contributed by atoms with Crippen LogP contribution in [0.2, 0.25) is 0 Å². The highest BCUT2D eigenvalue weighted by molar-refractivity contribution is 5.84. The maximum atomic E-state index is 12.0. The van der Waals surface area contributed by atoms with Crippen LogP contribution in [0.4, 0.5) is 0 Å².